The number of anilines is 2. The molecular formula is C26H25ClF3N7OS. The molecule has 0 saturated carbocycles. The van der Waals surface area contributed by atoms with Gasteiger partial charge in [-0.3, -0.25) is 4.90 Å². The number of likely N-dealkylation sites (tertiary alicyclic amines) is 1. The fourth-order valence-electron chi connectivity index (χ4n) is 5.97. The Bertz CT molecular complexity index is 1600. The zero-order valence-electron chi connectivity index (χ0n) is 20.9. The smallest absolute Gasteiger partial charge is 0.319 e. The molecule has 0 amide bonds. The molecule has 0 spiro atoms. The lowest BCUT2D eigenvalue weighted by atomic mass is 9.91. The van der Waals surface area contributed by atoms with Gasteiger partial charge in [-0.05, 0) is 38.1 Å². The second-order valence-corrected chi connectivity index (χ2v) is 12.0. The van der Waals surface area contributed by atoms with E-state index in [2.05, 4.69) is 25.2 Å². The van der Waals surface area contributed by atoms with E-state index < -0.39 is 17.8 Å². The van der Waals surface area contributed by atoms with Crippen LogP contribution >= 0.6 is 22.9 Å². The first-order valence-corrected chi connectivity index (χ1v) is 14.0. The van der Waals surface area contributed by atoms with Gasteiger partial charge in [0, 0.05) is 54.3 Å². The van der Waals surface area contributed by atoms with Crippen molar-refractivity contribution < 1.29 is 17.9 Å². The maximum atomic E-state index is 16.4. The number of rotatable bonds is 5. The third kappa shape index (κ3) is 4.24. The van der Waals surface area contributed by atoms with Crippen molar-refractivity contribution in [3.63, 3.8) is 0 Å². The molecule has 3 N–H and O–H groups in total. The molecule has 4 saturated heterocycles. The standard InChI is InChI=1S/C26H25ClF3N7OS/c1-36-7-11(28)4-14(36)10-38-26-34-21-16(24(35-26)37-8-12-5-13(9-37)32-12)6-17(27)19(20(21)30)15-2-3-18(29)23-22(15)33-25(31)39-23/h2-3,6,11-14,32H,4-5,7-10H2,1H3,(H2,31,33)/t11-,12?,13?,14+/m1/s1. The maximum absolute atomic E-state index is 16.4. The van der Waals surface area contributed by atoms with Gasteiger partial charge in [-0.1, -0.05) is 22.9 Å². The summed E-state index contributed by atoms with van der Waals surface area (Å²) in [7, 11) is 1.84. The number of hydrogen-bond donors (Lipinski definition) is 2. The van der Waals surface area contributed by atoms with E-state index in [0.717, 1.165) is 17.8 Å². The number of nitrogen functional groups attached to an aromatic ring is 1. The first-order valence-electron chi connectivity index (χ1n) is 12.8. The Balaban J connectivity index is 1.36. The summed E-state index contributed by atoms with van der Waals surface area (Å²) in [6.07, 6.45) is 0.514. The highest BCUT2D eigenvalue weighted by atomic mass is 35.5. The average Bonchev–Trinajstić information content (AvgIpc) is 3.44. The summed E-state index contributed by atoms with van der Waals surface area (Å²) in [4.78, 5) is 17.4. The Hall–Kier alpha value is -2.93. The number of fused-ring (bicyclic) bond motifs is 4. The Labute approximate surface area is 230 Å². The highest BCUT2D eigenvalue weighted by molar-refractivity contribution is 7.22. The van der Waals surface area contributed by atoms with Crippen LogP contribution in [0, 0.1) is 11.6 Å². The molecule has 6 heterocycles. The van der Waals surface area contributed by atoms with Crippen molar-refractivity contribution in [3.8, 4) is 17.1 Å². The van der Waals surface area contributed by atoms with Crippen LogP contribution in [0.3, 0.4) is 0 Å². The minimum Gasteiger partial charge on any atom is -0.462 e. The summed E-state index contributed by atoms with van der Waals surface area (Å²) in [5.41, 5.74) is 6.48. The number of likely N-dealkylation sites (N-methyl/N-ethyl adjacent to an activating group) is 1. The molecule has 4 aromatic rings. The van der Waals surface area contributed by atoms with Gasteiger partial charge >= 0.3 is 6.01 Å². The van der Waals surface area contributed by atoms with E-state index in [9.17, 15) is 8.78 Å². The van der Waals surface area contributed by atoms with Gasteiger partial charge in [-0.2, -0.15) is 9.97 Å². The summed E-state index contributed by atoms with van der Waals surface area (Å²) >= 11 is 7.69. The highest BCUT2D eigenvalue weighted by Gasteiger charge is 2.38. The molecule has 2 aromatic heterocycles. The lowest BCUT2D eigenvalue weighted by molar-refractivity contribution is 0.187. The van der Waals surface area contributed by atoms with Gasteiger partial charge in [0.2, 0.25) is 0 Å². The van der Waals surface area contributed by atoms with Crippen molar-refractivity contribution >= 4 is 55.0 Å². The average molecular weight is 576 g/mol. The zero-order valence-corrected chi connectivity index (χ0v) is 22.5. The molecule has 8 rings (SSSR count). The van der Waals surface area contributed by atoms with Gasteiger partial charge in [-0.15, -0.1) is 0 Å². The summed E-state index contributed by atoms with van der Waals surface area (Å²) < 4.78 is 51.0. The van der Waals surface area contributed by atoms with E-state index in [1.165, 1.54) is 12.1 Å². The quantitative estimate of drug-likeness (QED) is 0.362. The molecule has 4 atom stereocenters. The number of thiazole rings is 1. The Morgan fingerprint density at radius 1 is 1.13 bits per heavy atom. The van der Waals surface area contributed by atoms with E-state index in [-0.39, 0.29) is 50.1 Å². The first-order chi connectivity index (χ1) is 18.7. The molecule has 204 valence electrons. The maximum Gasteiger partial charge on any atom is 0.319 e. The predicted molar refractivity (Wildman–Crippen MR) is 146 cm³/mol. The van der Waals surface area contributed by atoms with E-state index >= 15 is 4.39 Å². The fourth-order valence-corrected chi connectivity index (χ4v) is 7.03. The van der Waals surface area contributed by atoms with Crippen molar-refractivity contribution in [2.24, 2.45) is 0 Å². The fraction of sp³-hybridized carbons (Fsp3) is 0.423. The largest absolute Gasteiger partial charge is 0.462 e. The summed E-state index contributed by atoms with van der Waals surface area (Å²) in [6.45, 7) is 1.92. The molecule has 4 aliphatic rings. The van der Waals surface area contributed by atoms with Crippen molar-refractivity contribution in [2.75, 3.05) is 43.9 Å². The van der Waals surface area contributed by atoms with Gasteiger partial charge in [0.05, 0.1) is 15.2 Å². The van der Waals surface area contributed by atoms with Crippen LogP contribution < -0.4 is 20.7 Å². The molecule has 0 aliphatic carbocycles. The minimum absolute atomic E-state index is 0.00902. The number of ether oxygens (including phenoxy) is 1. The first kappa shape index (κ1) is 25.1. The lowest BCUT2D eigenvalue weighted by Gasteiger charge is -2.48. The van der Waals surface area contributed by atoms with Crippen molar-refractivity contribution in [1.29, 1.82) is 0 Å². The van der Waals surface area contributed by atoms with Gasteiger partial charge in [0.25, 0.3) is 0 Å². The minimum atomic E-state index is -0.918. The molecule has 39 heavy (non-hydrogen) atoms. The van der Waals surface area contributed by atoms with Gasteiger partial charge in [0.1, 0.15) is 29.9 Å². The van der Waals surface area contributed by atoms with Gasteiger partial charge in [0.15, 0.2) is 10.9 Å². The molecule has 2 unspecified atom stereocenters. The number of halogens is 4. The molecule has 2 aromatic carbocycles. The van der Waals surface area contributed by atoms with Crippen molar-refractivity contribution in [3.05, 3.63) is 34.9 Å². The number of hydrogen-bond acceptors (Lipinski definition) is 9. The summed E-state index contributed by atoms with van der Waals surface area (Å²) in [6, 6.07) is 4.87. The topological polar surface area (TPSA) is 92.4 Å². The summed E-state index contributed by atoms with van der Waals surface area (Å²) in [5.74, 6) is -0.651. The number of benzene rings is 2. The molecule has 4 fully saturated rings. The predicted octanol–water partition coefficient (Wildman–Crippen LogP) is 4.39. The van der Waals surface area contributed by atoms with Crippen LogP contribution in [-0.2, 0) is 0 Å². The molecular weight excluding hydrogens is 551 g/mol. The van der Waals surface area contributed by atoms with Crippen LogP contribution in [0.25, 0.3) is 32.2 Å². The van der Waals surface area contributed by atoms with Crippen molar-refractivity contribution in [1.82, 2.24) is 25.2 Å². The Kier molecular flexibility index (Phi) is 5.99. The van der Waals surface area contributed by atoms with E-state index in [0.29, 0.717) is 54.9 Å². The highest BCUT2D eigenvalue weighted by Crippen LogP contribution is 2.43. The normalized spacial score (nSPS) is 25.0. The van der Waals surface area contributed by atoms with E-state index in [1.807, 2.05) is 11.9 Å². The second-order valence-electron chi connectivity index (χ2n) is 10.5. The van der Waals surface area contributed by atoms with Gasteiger partial charge in [-0.25, -0.2) is 18.2 Å². The third-order valence-electron chi connectivity index (χ3n) is 7.89. The number of aromatic nitrogens is 3. The number of alkyl halides is 1. The van der Waals surface area contributed by atoms with Crippen LogP contribution in [0.4, 0.5) is 24.1 Å². The van der Waals surface area contributed by atoms with Crippen LogP contribution in [-0.4, -0.2) is 77.4 Å². The Morgan fingerprint density at radius 2 is 1.90 bits per heavy atom. The molecule has 4 aliphatic heterocycles. The SMILES string of the molecule is CN1C[C@H](F)C[C@H]1COc1nc(N2CC3CC(C2)N3)c2cc(Cl)c(-c3ccc(F)c4sc(N)nc34)c(F)c2n1. The Morgan fingerprint density at radius 3 is 2.62 bits per heavy atom. The van der Waals surface area contributed by atoms with Gasteiger partial charge < -0.3 is 20.7 Å². The number of piperidine rings is 1. The summed E-state index contributed by atoms with van der Waals surface area (Å²) in [5, 5.41) is 4.23. The van der Waals surface area contributed by atoms with Crippen molar-refractivity contribution in [2.45, 2.75) is 37.1 Å². The molecule has 0 radical (unpaired) electrons. The van der Waals surface area contributed by atoms with Crippen LogP contribution in [0.15, 0.2) is 18.2 Å². The number of nitrogens with zero attached hydrogens (tertiary/aromatic N) is 5. The monoisotopic (exact) mass is 575 g/mol. The lowest BCUT2D eigenvalue weighted by Crippen LogP contribution is -2.67. The number of nitrogens with two attached hydrogens (primary N) is 1. The van der Waals surface area contributed by atoms with Crippen LogP contribution in [0.2, 0.25) is 5.02 Å². The third-order valence-corrected chi connectivity index (χ3v) is 9.08. The second kappa shape index (κ2) is 9.33. The van der Waals surface area contributed by atoms with E-state index in [4.69, 9.17) is 22.1 Å². The number of nitrogens with one attached hydrogen (secondary N) is 1. The van der Waals surface area contributed by atoms with E-state index in [1.54, 1.807) is 6.07 Å². The zero-order chi connectivity index (χ0) is 27.0. The molecule has 13 heteroatoms. The molecule has 2 bridgehead atoms. The van der Waals surface area contributed by atoms with Crippen LogP contribution in [0.1, 0.15) is 12.8 Å². The van der Waals surface area contributed by atoms with Crippen LogP contribution in [0.5, 0.6) is 6.01 Å². The number of piperazine rings is 1. The molecule has 8 nitrogen and oxygen atoms in total.